The van der Waals surface area contributed by atoms with Crippen molar-refractivity contribution >= 4 is 10.0 Å². The molecule has 0 radical (unpaired) electrons. The van der Waals surface area contributed by atoms with Crippen LogP contribution in [0.4, 0.5) is 0 Å². The highest BCUT2D eigenvalue weighted by Gasteiger charge is 2.22. The van der Waals surface area contributed by atoms with Crippen molar-refractivity contribution in [1.82, 2.24) is 0 Å². The van der Waals surface area contributed by atoms with Crippen LogP contribution in [0.25, 0.3) is 0 Å². The van der Waals surface area contributed by atoms with Gasteiger partial charge in [0.05, 0.1) is 6.61 Å². The van der Waals surface area contributed by atoms with Crippen molar-refractivity contribution in [3.8, 4) is 0 Å². The van der Waals surface area contributed by atoms with Crippen LogP contribution >= 0.6 is 10.0 Å². The highest BCUT2D eigenvalue weighted by molar-refractivity contribution is 8.33. The summed E-state index contributed by atoms with van der Waals surface area (Å²) >= 11 is 0. The van der Waals surface area contributed by atoms with E-state index in [1.54, 1.807) is 0 Å². The topological polar surface area (TPSA) is 20.2 Å². The third kappa shape index (κ3) is 2.54. The summed E-state index contributed by atoms with van der Waals surface area (Å²) in [4.78, 5) is 2.67. The zero-order valence-corrected chi connectivity index (χ0v) is 10.9. The summed E-state index contributed by atoms with van der Waals surface area (Å²) in [5, 5.41) is 9.35. The van der Waals surface area contributed by atoms with E-state index in [2.05, 4.69) is 54.8 Å². The molecule has 0 fully saturated rings. The number of aliphatic hydroxyl groups is 1. The summed E-state index contributed by atoms with van der Waals surface area (Å²) in [5.41, 5.74) is 0. The molecule has 0 aromatic heterocycles. The Balaban J connectivity index is 2.47. The molecule has 2 aromatic rings. The minimum atomic E-state index is -1.10. The third-order valence-corrected chi connectivity index (χ3v) is 6.65. The largest absolute Gasteiger partial charge is 0.396 e. The second kappa shape index (κ2) is 5.39. The van der Waals surface area contributed by atoms with E-state index in [-0.39, 0.29) is 6.61 Å². The van der Waals surface area contributed by atoms with Gasteiger partial charge in [0.25, 0.3) is 0 Å². The van der Waals surface area contributed by atoms with Crippen molar-refractivity contribution in [3.63, 3.8) is 0 Å². The molecule has 2 aromatic carbocycles. The molecule has 0 saturated heterocycles. The van der Waals surface area contributed by atoms with E-state index in [0.717, 1.165) is 5.75 Å². The number of hydrogen-bond donors (Lipinski definition) is 1. The van der Waals surface area contributed by atoms with Crippen molar-refractivity contribution in [2.45, 2.75) is 9.79 Å². The molecule has 0 amide bonds. The quantitative estimate of drug-likeness (QED) is 0.875. The minimum Gasteiger partial charge on any atom is -0.396 e. The second-order valence-electron chi connectivity index (χ2n) is 4.14. The molecule has 0 bridgehead atoms. The van der Waals surface area contributed by atoms with Crippen LogP contribution in [0.1, 0.15) is 0 Å². The summed E-state index contributed by atoms with van der Waals surface area (Å²) in [6, 6.07) is 21.0. The fourth-order valence-electron chi connectivity index (χ4n) is 2.00. The number of hydrogen-bond acceptors (Lipinski definition) is 1. The third-order valence-electron chi connectivity index (χ3n) is 3.03. The average Bonchev–Trinajstić information content (AvgIpc) is 2.41. The van der Waals surface area contributed by atoms with Gasteiger partial charge in [-0.1, -0.05) is 36.4 Å². The fourth-order valence-corrected chi connectivity index (χ4v) is 4.62. The van der Waals surface area contributed by atoms with Crippen molar-refractivity contribution < 1.29 is 5.11 Å². The highest BCUT2D eigenvalue weighted by atomic mass is 32.3. The summed E-state index contributed by atoms with van der Waals surface area (Å²) in [7, 11) is -1.10. The lowest BCUT2D eigenvalue weighted by molar-refractivity contribution is 0.321. The van der Waals surface area contributed by atoms with Crippen molar-refractivity contribution in [2.75, 3.05) is 18.6 Å². The molecular formula is C15H18OS. The Kier molecular flexibility index (Phi) is 3.87. The van der Waals surface area contributed by atoms with Crippen LogP contribution in [-0.2, 0) is 0 Å². The smallest absolute Gasteiger partial charge is 0.0513 e. The van der Waals surface area contributed by atoms with Gasteiger partial charge in [-0.05, 0) is 40.3 Å². The molecular weight excluding hydrogens is 228 g/mol. The van der Waals surface area contributed by atoms with Gasteiger partial charge in [-0.15, -0.1) is 0 Å². The molecule has 0 heterocycles. The first-order valence-electron chi connectivity index (χ1n) is 5.74. The molecule has 17 heavy (non-hydrogen) atoms. The molecule has 0 saturated carbocycles. The van der Waals surface area contributed by atoms with Crippen molar-refractivity contribution in [1.29, 1.82) is 0 Å². The first-order chi connectivity index (χ1) is 8.27. The highest BCUT2D eigenvalue weighted by Crippen LogP contribution is 2.58. The first-order valence-corrected chi connectivity index (χ1v) is 7.95. The zero-order chi connectivity index (χ0) is 12.1. The molecule has 2 rings (SSSR count). The maximum atomic E-state index is 9.35. The van der Waals surface area contributed by atoms with Crippen LogP contribution in [0.2, 0.25) is 0 Å². The van der Waals surface area contributed by atoms with Gasteiger partial charge in [-0.2, -0.15) is 10.0 Å². The lowest BCUT2D eigenvalue weighted by Crippen LogP contribution is -2.08. The fraction of sp³-hybridized carbons (Fsp3) is 0.200. The second-order valence-corrected chi connectivity index (χ2v) is 7.67. The van der Waals surface area contributed by atoms with Gasteiger partial charge in [0, 0.05) is 5.75 Å². The van der Waals surface area contributed by atoms with Crippen LogP contribution < -0.4 is 0 Å². The van der Waals surface area contributed by atoms with E-state index in [1.807, 2.05) is 12.1 Å². The Morgan fingerprint density at radius 2 is 1.24 bits per heavy atom. The average molecular weight is 246 g/mol. The molecule has 0 spiro atoms. The lowest BCUT2D eigenvalue weighted by atomic mass is 10.4. The molecule has 1 N–H and O–H groups in total. The maximum absolute atomic E-state index is 9.35. The molecule has 0 aliphatic carbocycles. The van der Waals surface area contributed by atoms with Crippen LogP contribution in [0.3, 0.4) is 0 Å². The Hall–Kier alpha value is -1.25. The molecule has 0 aliphatic rings. The van der Waals surface area contributed by atoms with Crippen LogP contribution in [0.5, 0.6) is 0 Å². The van der Waals surface area contributed by atoms with E-state index in [1.165, 1.54) is 9.79 Å². The van der Waals surface area contributed by atoms with E-state index in [0.29, 0.717) is 0 Å². The number of rotatable bonds is 4. The normalized spacial score (nSPS) is 12.4. The molecule has 0 unspecified atom stereocenters. The molecule has 90 valence electrons. The van der Waals surface area contributed by atoms with E-state index in [4.69, 9.17) is 0 Å². The van der Waals surface area contributed by atoms with Gasteiger partial charge in [-0.3, -0.25) is 0 Å². The monoisotopic (exact) mass is 246 g/mol. The predicted octanol–water partition coefficient (Wildman–Crippen LogP) is 3.53. The minimum absolute atomic E-state index is 0.232. The van der Waals surface area contributed by atoms with Gasteiger partial charge in [0.15, 0.2) is 0 Å². The van der Waals surface area contributed by atoms with Gasteiger partial charge in [0.1, 0.15) is 0 Å². The summed E-state index contributed by atoms with van der Waals surface area (Å²) < 4.78 is 0. The maximum Gasteiger partial charge on any atom is 0.0513 e. The van der Waals surface area contributed by atoms with Gasteiger partial charge >= 0.3 is 0 Å². The van der Waals surface area contributed by atoms with Crippen LogP contribution in [0.15, 0.2) is 70.5 Å². The molecule has 0 aliphatic heterocycles. The summed E-state index contributed by atoms with van der Waals surface area (Å²) in [6.07, 6.45) is 2.27. The zero-order valence-electron chi connectivity index (χ0n) is 10.0. The molecule has 0 atom stereocenters. The van der Waals surface area contributed by atoms with E-state index >= 15 is 0 Å². The van der Waals surface area contributed by atoms with Crippen LogP contribution in [-0.4, -0.2) is 23.7 Å². The Morgan fingerprint density at radius 1 is 0.824 bits per heavy atom. The Bertz CT molecular complexity index is 413. The Morgan fingerprint density at radius 3 is 1.59 bits per heavy atom. The predicted molar refractivity (Wildman–Crippen MR) is 74.9 cm³/mol. The Labute approximate surface area is 104 Å². The first kappa shape index (κ1) is 12.2. The molecule has 1 nitrogen and oxygen atoms in total. The number of aliphatic hydroxyl groups excluding tert-OH is 1. The van der Waals surface area contributed by atoms with Crippen LogP contribution in [0, 0.1) is 0 Å². The van der Waals surface area contributed by atoms with E-state index in [9.17, 15) is 5.11 Å². The van der Waals surface area contributed by atoms with Gasteiger partial charge < -0.3 is 5.11 Å². The summed E-state index contributed by atoms with van der Waals surface area (Å²) in [6.45, 7) is 0.232. The van der Waals surface area contributed by atoms with Crippen molar-refractivity contribution in [3.05, 3.63) is 60.7 Å². The van der Waals surface area contributed by atoms with Crippen molar-refractivity contribution in [2.24, 2.45) is 0 Å². The standard InChI is InChI=1S/C15H18OS/c1-17(13-12-16,14-8-4-2-5-9-14)15-10-6-3-7-11-15/h2-11,16H,12-13H2,1H3. The van der Waals surface area contributed by atoms with E-state index < -0.39 is 10.0 Å². The molecule has 2 heteroatoms. The lowest BCUT2D eigenvalue weighted by Gasteiger charge is -2.36. The van der Waals surface area contributed by atoms with Gasteiger partial charge in [0.2, 0.25) is 0 Å². The van der Waals surface area contributed by atoms with Gasteiger partial charge in [-0.25, -0.2) is 0 Å². The SMILES string of the molecule is CS(CCO)(c1ccccc1)c1ccccc1. The number of benzene rings is 2. The summed E-state index contributed by atoms with van der Waals surface area (Å²) in [5.74, 6) is 0.820.